The fourth-order valence-corrected chi connectivity index (χ4v) is 2.51. The molecule has 0 radical (unpaired) electrons. The Morgan fingerprint density at radius 2 is 1.94 bits per heavy atom. The van der Waals surface area contributed by atoms with Gasteiger partial charge in [0.05, 0.1) is 0 Å². The molecule has 0 unspecified atom stereocenters. The molecule has 1 aromatic heterocycles. The van der Waals surface area contributed by atoms with Crippen molar-refractivity contribution in [2.75, 3.05) is 0 Å². The molecule has 0 aromatic carbocycles. The van der Waals surface area contributed by atoms with Crippen molar-refractivity contribution in [1.82, 2.24) is 4.57 Å². The van der Waals surface area contributed by atoms with Crippen LogP contribution in [0.1, 0.15) is 53.0 Å². The minimum Gasteiger partial charge on any atom is -0.477 e. The predicted molar refractivity (Wildman–Crippen MR) is 63.3 cm³/mol. The Hall–Kier alpha value is -1.58. The number of carbonyl (C=O) groups excluding carboxylic acids is 1. The van der Waals surface area contributed by atoms with Crippen LogP contribution >= 0.6 is 0 Å². The average molecular weight is 235 g/mol. The number of hydrogen-bond donors (Lipinski definition) is 1. The molecule has 1 heterocycles. The first-order valence-electron chi connectivity index (χ1n) is 6.03. The van der Waals surface area contributed by atoms with Crippen molar-refractivity contribution in [2.45, 2.75) is 32.1 Å². The highest BCUT2D eigenvalue weighted by Gasteiger charge is 2.24. The second-order valence-electron chi connectivity index (χ2n) is 4.73. The number of carbonyl (C=O) groups is 2. The number of aromatic carboxylic acids is 1. The van der Waals surface area contributed by atoms with Gasteiger partial charge >= 0.3 is 5.97 Å². The van der Waals surface area contributed by atoms with E-state index in [0.29, 0.717) is 5.56 Å². The van der Waals surface area contributed by atoms with E-state index in [1.54, 1.807) is 13.2 Å². The first kappa shape index (κ1) is 11.9. The molecule has 1 aliphatic carbocycles. The van der Waals surface area contributed by atoms with E-state index < -0.39 is 5.97 Å². The van der Waals surface area contributed by atoms with Crippen molar-refractivity contribution in [3.05, 3.63) is 23.5 Å². The molecule has 1 fully saturated rings. The number of hydrogen-bond acceptors (Lipinski definition) is 2. The summed E-state index contributed by atoms with van der Waals surface area (Å²) in [5.41, 5.74) is 0.709. The number of nitrogens with zero attached hydrogens (tertiary/aromatic N) is 1. The molecular weight excluding hydrogens is 218 g/mol. The molecule has 92 valence electrons. The molecule has 0 spiro atoms. The van der Waals surface area contributed by atoms with Gasteiger partial charge in [-0.1, -0.05) is 19.3 Å². The number of ketones is 1. The first-order chi connectivity index (χ1) is 8.09. The molecule has 1 saturated carbocycles. The number of Topliss-reactive ketones (excluding diaryl/α,β-unsaturated/α-hetero) is 1. The van der Waals surface area contributed by atoms with Crippen LogP contribution in [0.5, 0.6) is 0 Å². The number of carboxylic acid groups (broad SMARTS) is 1. The maximum Gasteiger partial charge on any atom is 0.352 e. The summed E-state index contributed by atoms with van der Waals surface area (Å²) in [4.78, 5) is 23.1. The monoisotopic (exact) mass is 235 g/mol. The Labute approximate surface area is 100 Å². The third kappa shape index (κ3) is 2.40. The van der Waals surface area contributed by atoms with Crippen LogP contribution in [0.2, 0.25) is 0 Å². The molecule has 1 aliphatic rings. The molecule has 1 aromatic rings. The van der Waals surface area contributed by atoms with E-state index in [2.05, 4.69) is 0 Å². The summed E-state index contributed by atoms with van der Waals surface area (Å²) in [6.45, 7) is 0. The van der Waals surface area contributed by atoms with Crippen molar-refractivity contribution >= 4 is 11.8 Å². The van der Waals surface area contributed by atoms with Gasteiger partial charge in [-0.15, -0.1) is 0 Å². The summed E-state index contributed by atoms with van der Waals surface area (Å²) in [5.74, 6) is -0.796. The van der Waals surface area contributed by atoms with Gasteiger partial charge in [0.1, 0.15) is 5.69 Å². The largest absolute Gasteiger partial charge is 0.477 e. The van der Waals surface area contributed by atoms with Crippen molar-refractivity contribution in [1.29, 1.82) is 0 Å². The Kier molecular flexibility index (Phi) is 3.31. The van der Waals surface area contributed by atoms with E-state index >= 15 is 0 Å². The Morgan fingerprint density at radius 1 is 1.29 bits per heavy atom. The molecule has 0 amide bonds. The number of rotatable bonds is 3. The van der Waals surface area contributed by atoms with Crippen LogP contribution in [0.4, 0.5) is 0 Å². The van der Waals surface area contributed by atoms with Gasteiger partial charge < -0.3 is 9.67 Å². The number of aromatic nitrogens is 1. The van der Waals surface area contributed by atoms with Gasteiger partial charge in [0, 0.05) is 24.7 Å². The van der Waals surface area contributed by atoms with E-state index in [4.69, 9.17) is 5.11 Å². The standard InChI is InChI=1S/C13H17NO3/c1-14-8-10(7-11(14)13(16)17)12(15)9-5-3-2-4-6-9/h7-9H,2-6H2,1H3,(H,16,17). The van der Waals surface area contributed by atoms with Gasteiger partial charge in [-0.05, 0) is 18.9 Å². The summed E-state index contributed by atoms with van der Waals surface area (Å²) >= 11 is 0. The smallest absolute Gasteiger partial charge is 0.352 e. The Balaban J connectivity index is 2.19. The van der Waals surface area contributed by atoms with Gasteiger partial charge in [0.2, 0.25) is 0 Å². The summed E-state index contributed by atoms with van der Waals surface area (Å²) in [6, 6.07) is 1.49. The summed E-state index contributed by atoms with van der Waals surface area (Å²) < 4.78 is 1.50. The normalized spacial score (nSPS) is 17.0. The lowest BCUT2D eigenvalue weighted by atomic mass is 9.84. The fraction of sp³-hybridized carbons (Fsp3) is 0.538. The Morgan fingerprint density at radius 3 is 2.47 bits per heavy atom. The third-order valence-electron chi connectivity index (χ3n) is 3.48. The van der Waals surface area contributed by atoms with Gasteiger partial charge in [-0.25, -0.2) is 4.79 Å². The quantitative estimate of drug-likeness (QED) is 0.819. The third-order valence-corrected chi connectivity index (χ3v) is 3.48. The minimum absolute atomic E-state index is 0.0906. The zero-order chi connectivity index (χ0) is 12.4. The second kappa shape index (κ2) is 4.73. The van der Waals surface area contributed by atoms with Crippen LogP contribution in [0, 0.1) is 5.92 Å². The van der Waals surface area contributed by atoms with Crippen LogP contribution in [-0.4, -0.2) is 21.4 Å². The SMILES string of the molecule is Cn1cc(C(=O)C2CCCCC2)cc1C(=O)O. The zero-order valence-corrected chi connectivity index (χ0v) is 9.98. The lowest BCUT2D eigenvalue weighted by Crippen LogP contribution is -2.17. The van der Waals surface area contributed by atoms with Crippen LogP contribution in [-0.2, 0) is 7.05 Å². The zero-order valence-electron chi connectivity index (χ0n) is 9.98. The van der Waals surface area contributed by atoms with E-state index in [1.165, 1.54) is 17.1 Å². The van der Waals surface area contributed by atoms with E-state index in [-0.39, 0.29) is 17.4 Å². The second-order valence-corrected chi connectivity index (χ2v) is 4.73. The van der Waals surface area contributed by atoms with Crippen LogP contribution in [0.25, 0.3) is 0 Å². The molecule has 2 rings (SSSR count). The molecular formula is C13H17NO3. The molecule has 0 saturated heterocycles. The van der Waals surface area contributed by atoms with Gasteiger partial charge in [0.15, 0.2) is 5.78 Å². The first-order valence-corrected chi connectivity index (χ1v) is 6.03. The molecule has 0 aliphatic heterocycles. The van der Waals surface area contributed by atoms with Gasteiger partial charge in [0.25, 0.3) is 0 Å². The molecule has 1 N–H and O–H groups in total. The van der Waals surface area contributed by atoms with Crippen LogP contribution in [0.15, 0.2) is 12.3 Å². The van der Waals surface area contributed by atoms with Gasteiger partial charge in [-0.2, -0.15) is 0 Å². The highest BCUT2D eigenvalue weighted by molar-refractivity contribution is 6.00. The van der Waals surface area contributed by atoms with Crippen LogP contribution in [0.3, 0.4) is 0 Å². The summed E-state index contributed by atoms with van der Waals surface area (Å²) in [5, 5.41) is 8.94. The van der Waals surface area contributed by atoms with Crippen molar-refractivity contribution in [2.24, 2.45) is 13.0 Å². The minimum atomic E-state index is -0.991. The van der Waals surface area contributed by atoms with Crippen LogP contribution < -0.4 is 0 Å². The fourth-order valence-electron chi connectivity index (χ4n) is 2.51. The van der Waals surface area contributed by atoms with Crippen molar-refractivity contribution < 1.29 is 14.7 Å². The molecule has 4 heteroatoms. The summed E-state index contributed by atoms with van der Waals surface area (Å²) in [7, 11) is 1.65. The van der Waals surface area contributed by atoms with Crippen molar-refractivity contribution in [3.63, 3.8) is 0 Å². The number of aryl methyl sites for hydroxylation is 1. The Bertz CT molecular complexity index is 442. The lowest BCUT2D eigenvalue weighted by Gasteiger charge is -2.19. The molecule has 17 heavy (non-hydrogen) atoms. The molecule has 4 nitrogen and oxygen atoms in total. The topological polar surface area (TPSA) is 59.3 Å². The van der Waals surface area contributed by atoms with E-state index in [9.17, 15) is 9.59 Å². The van der Waals surface area contributed by atoms with E-state index in [1.807, 2.05) is 0 Å². The molecule has 0 atom stereocenters. The average Bonchev–Trinajstić information content (AvgIpc) is 2.71. The maximum absolute atomic E-state index is 12.2. The van der Waals surface area contributed by atoms with Crippen molar-refractivity contribution in [3.8, 4) is 0 Å². The highest BCUT2D eigenvalue weighted by atomic mass is 16.4. The van der Waals surface area contributed by atoms with E-state index in [0.717, 1.165) is 25.7 Å². The van der Waals surface area contributed by atoms with Gasteiger partial charge in [-0.3, -0.25) is 4.79 Å². The molecule has 0 bridgehead atoms. The summed E-state index contributed by atoms with van der Waals surface area (Å²) in [6.07, 6.45) is 6.93. The number of carboxylic acids is 1. The lowest BCUT2D eigenvalue weighted by molar-refractivity contribution is 0.0686. The highest BCUT2D eigenvalue weighted by Crippen LogP contribution is 2.27. The predicted octanol–water partition coefficient (Wildman–Crippen LogP) is 2.49. The maximum atomic E-state index is 12.2.